The molecule has 4 heterocycles. The summed E-state index contributed by atoms with van der Waals surface area (Å²) < 4.78 is 5.76. The predicted octanol–water partition coefficient (Wildman–Crippen LogP) is 3.90. The molecule has 33 heavy (non-hydrogen) atoms. The Morgan fingerprint density at radius 1 is 1.09 bits per heavy atom. The van der Waals surface area contributed by atoms with Crippen LogP contribution < -0.4 is 5.32 Å². The molecule has 2 aliphatic heterocycles. The van der Waals surface area contributed by atoms with Gasteiger partial charge in [0.05, 0.1) is 24.2 Å². The SMILES string of the molecule is Cc1cccc(Nc2cncc(C3CCN(C(=O)C4CC(=O)OC45CCCCC5)CC3)n2)n1. The first-order valence-electron chi connectivity index (χ1n) is 12.1. The van der Waals surface area contributed by atoms with Gasteiger partial charge in [-0.2, -0.15) is 0 Å². The molecule has 0 bridgehead atoms. The summed E-state index contributed by atoms with van der Waals surface area (Å²) in [5, 5.41) is 3.23. The van der Waals surface area contributed by atoms with Crippen molar-refractivity contribution in [1.82, 2.24) is 19.9 Å². The highest BCUT2D eigenvalue weighted by Gasteiger charge is 2.53. The summed E-state index contributed by atoms with van der Waals surface area (Å²) in [6.45, 7) is 3.29. The van der Waals surface area contributed by atoms with Crippen LogP contribution in [-0.2, 0) is 14.3 Å². The standard InChI is InChI=1S/C25H31N5O3/c1-17-6-5-7-21(27-17)29-22-16-26-15-20(28-22)18-8-12-30(13-9-18)24(32)19-14-23(31)33-25(19)10-3-2-4-11-25/h5-7,15-16,18-19H,2-4,8-14H2,1H3,(H,27,28,29). The fourth-order valence-electron chi connectivity index (χ4n) is 5.60. The van der Waals surface area contributed by atoms with E-state index in [0.717, 1.165) is 62.2 Å². The van der Waals surface area contributed by atoms with Crippen molar-refractivity contribution in [2.75, 3.05) is 18.4 Å². The molecule has 5 rings (SSSR count). The van der Waals surface area contributed by atoms with E-state index < -0.39 is 5.60 Å². The van der Waals surface area contributed by atoms with Crippen molar-refractivity contribution in [2.24, 2.45) is 5.92 Å². The Morgan fingerprint density at radius 2 is 1.88 bits per heavy atom. The van der Waals surface area contributed by atoms with E-state index in [4.69, 9.17) is 9.72 Å². The van der Waals surface area contributed by atoms with Crippen LogP contribution in [0.3, 0.4) is 0 Å². The number of aryl methyl sites for hydroxylation is 1. The number of hydrogen-bond acceptors (Lipinski definition) is 7. The molecule has 2 saturated heterocycles. The van der Waals surface area contributed by atoms with Gasteiger partial charge in [0.15, 0.2) is 0 Å². The first kappa shape index (κ1) is 21.8. The summed E-state index contributed by atoms with van der Waals surface area (Å²) in [5.74, 6) is 1.22. The number of carbonyl (C=O) groups excluding carboxylic acids is 2. The van der Waals surface area contributed by atoms with Crippen molar-refractivity contribution in [2.45, 2.75) is 69.8 Å². The quantitative estimate of drug-likeness (QED) is 0.707. The van der Waals surface area contributed by atoms with E-state index in [9.17, 15) is 9.59 Å². The maximum Gasteiger partial charge on any atom is 0.307 e. The Morgan fingerprint density at radius 3 is 2.64 bits per heavy atom. The topological polar surface area (TPSA) is 97.3 Å². The summed E-state index contributed by atoms with van der Waals surface area (Å²) in [6, 6.07) is 5.81. The fourth-order valence-corrected chi connectivity index (χ4v) is 5.60. The zero-order chi connectivity index (χ0) is 22.8. The highest BCUT2D eigenvalue weighted by atomic mass is 16.6. The molecule has 0 aromatic carbocycles. The smallest absolute Gasteiger partial charge is 0.307 e. The maximum absolute atomic E-state index is 13.4. The van der Waals surface area contributed by atoms with Crippen LogP contribution in [0.4, 0.5) is 11.6 Å². The number of amides is 1. The normalized spacial score (nSPS) is 22.9. The van der Waals surface area contributed by atoms with E-state index in [1.807, 2.05) is 36.2 Å². The van der Waals surface area contributed by atoms with Gasteiger partial charge in [-0.05, 0) is 57.6 Å². The number of piperidine rings is 1. The first-order valence-corrected chi connectivity index (χ1v) is 12.1. The first-order chi connectivity index (χ1) is 16.0. The molecule has 2 aromatic heterocycles. The Labute approximate surface area is 194 Å². The monoisotopic (exact) mass is 449 g/mol. The zero-order valence-corrected chi connectivity index (χ0v) is 19.1. The highest BCUT2D eigenvalue weighted by molar-refractivity contribution is 5.88. The summed E-state index contributed by atoms with van der Waals surface area (Å²) in [4.78, 5) is 41.0. The molecular weight excluding hydrogens is 418 g/mol. The number of aromatic nitrogens is 3. The van der Waals surface area contributed by atoms with Crippen LogP contribution in [0.5, 0.6) is 0 Å². The van der Waals surface area contributed by atoms with E-state index in [-0.39, 0.29) is 30.1 Å². The molecular formula is C25H31N5O3. The van der Waals surface area contributed by atoms with Crippen LogP contribution in [-0.4, -0.2) is 50.4 Å². The average Bonchev–Trinajstić information content (AvgIpc) is 3.14. The Hall–Kier alpha value is -3.03. The molecule has 1 aliphatic carbocycles. The van der Waals surface area contributed by atoms with E-state index in [1.54, 1.807) is 6.20 Å². The fraction of sp³-hybridized carbons (Fsp3) is 0.560. The van der Waals surface area contributed by atoms with Gasteiger partial charge < -0.3 is 15.0 Å². The number of rotatable bonds is 4. The van der Waals surface area contributed by atoms with Crippen molar-refractivity contribution in [1.29, 1.82) is 0 Å². The van der Waals surface area contributed by atoms with Crippen molar-refractivity contribution < 1.29 is 14.3 Å². The van der Waals surface area contributed by atoms with Crippen LogP contribution in [0.2, 0.25) is 0 Å². The van der Waals surface area contributed by atoms with E-state index in [2.05, 4.69) is 15.3 Å². The molecule has 1 amide bonds. The van der Waals surface area contributed by atoms with Gasteiger partial charge in [0.2, 0.25) is 5.91 Å². The minimum absolute atomic E-state index is 0.0909. The number of pyridine rings is 1. The molecule has 1 unspecified atom stereocenters. The number of nitrogens with zero attached hydrogens (tertiary/aromatic N) is 4. The van der Waals surface area contributed by atoms with Crippen molar-refractivity contribution >= 4 is 23.5 Å². The highest BCUT2D eigenvalue weighted by Crippen LogP contribution is 2.45. The third kappa shape index (κ3) is 4.56. The summed E-state index contributed by atoms with van der Waals surface area (Å²) in [5.41, 5.74) is 1.31. The van der Waals surface area contributed by atoms with Crippen molar-refractivity contribution in [3.8, 4) is 0 Å². The van der Waals surface area contributed by atoms with Gasteiger partial charge in [-0.1, -0.05) is 12.5 Å². The number of anilines is 2. The number of nitrogens with one attached hydrogen (secondary N) is 1. The van der Waals surface area contributed by atoms with Crippen molar-refractivity contribution in [3.05, 3.63) is 42.0 Å². The second-order valence-electron chi connectivity index (χ2n) is 9.57. The molecule has 8 nitrogen and oxygen atoms in total. The van der Waals surface area contributed by atoms with Crippen LogP contribution in [0.15, 0.2) is 30.6 Å². The summed E-state index contributed by atoms with van der Waals surface area (Å²) in [7, 11) is 0. The number of esters is 1. The molecule has 3 aliphatic rings. The Bertz CT molecular complexity index is 1030. The van der Waals surface area contributed by atoms with E-state index in [1.165, 1.54) is 0 Å². The third-order valence-corrected chi connectivity index (χ3v) is 7.34. The zero-order valence-electron chi connectivity index (χ0n) is 19.1. The summed E-state index contributed by atoms with van der Waals surface area (Å²) in [6.07, 6.45) is 10.3. The van der Waals surface area contributed by atoms with Crippen LogP contribution in [0.25, 0.3) is 0 Å². The van der Waals surface area contributed by atoms with Gasteiger partial charge in [0.1, 0.15) is 17.2 Å². The number of carbonyl (C=O) groups is 2. The van der Waals surface area contributed by atoms with E-state index in [0.29, 0.717) is 18.9 Å². The lowest BCUT2D eigenvalue weighted by molar-refractivity contribution is -0.156. The molecule has 0 radical (unpaired) electrons. The second-order valence-corrected chi connectivity index (χ2v) is 9.57. The Balaban J connectivity index is 1.22. The molecule has 2 aromatic rings. The molecule has 1 saturated carbocycles. The maximum atomic E-state index is 13.4. The van der Waals surface area contributed by atoms with Crippen LogP contribution in [0.1, 0.15) is 68.7 Å². The Kier molecular flexibility index (Phi) is 6.00. The lowest BCUT2D eigenvalue weighted by atomic mass is 9.75. The minimum atomic E-state index is -0.557. The molecule has 8 heteroatoms. The predicted molar refractivity (Wildman–Crippen MR) is 123 cm³/mol. The van der Waals surface area contributed by atoms with E-state index >= 15 is 0 Å². The molecule has 174 valence electrons. The second kappa shape index (κ2) is 9.08. The van der Waals surface area contributed by atoms with Crippen LogP contribution in [0, 0.1) is 12.8 Å². The molecule has 1 spiro atoms. The molecule has 1 atom stereocenters. The average molecular weight is 450 g/mol. The van der Waals surface area contributed by atoms with Gasteiger partial charge in [-0.15, -0.1) is 0 Å². The van der Waals surface area contributed by atoms with Crippen LogP contribution >= 0.6 is 0 Å². The number of likely N-dealkylation sites (tertiary alicyclic amines) is 1. The van der Waals surface area contributed by atoms with Gasteiger partial charge in [0, 0.05) is 30.9 Å². The molecule has 3 fully saturated rings. The minimum Gasteiger partial charge on any atom is -0.458 e. The lowest BCUT2D eigenvalue weighted by Gasteiger charge is -2.39. The number of ether oxygens (including phenoxy) is 1. The third-order valence-electron chi connectivity index (χ3n) is 7.34. The van der Waals surface area contributed by atoms with Crippen molar-refractivity contribution in [3.63, 3.8) is 0 Å². The largest absolute Gasteiger partial charge is 0.458 e. The number of hydrogen-bond donors (Lipinski definition) is 1. The van der Waals surface area contributed by atoms with Gasteiger partial charge >= 0.3 is 5.97 Å². The summed E-state index contributed by atoms with van der Waals surface area (Å²) >= 11 is 0. The van der Waals surface area contributed by atoms with Gasteiger partial charge in [-0.25, -0.2) is 9.97 Å². The van der Waals surface area contributed by atoms with Gasteiger partial charge in [-0.3, -0.25) is 14.6 Å². The van der Waals surface area contributed by atoms with Gasteiger partial charge in [0.25, 0.3) is 0 Å². The molecule has 1 N–H and O–H groups in total. The lowest BCUT2D eigenvalue weighted by Crippen LogP contribution is -2.49.